The van der Waals surface area contributed by atoms with E-state index in [-0.39, 0.29) is 16.2 Å². The second-order valence-electron chi connectivity index (χ2n) is 4.08. The number of hydrogen-bond donors (Lipinski definition) is 2. The molecule has 6 nitrogen and oxygen atoms in total. The Hall–Kier alpha value is -1.26. The Morgan fingerprint density at radius 3 is 2.40 bits per heavy atom. The lowest BCUT2D eigenvalue weighted by molar-refractivity contribution is 0.593. The minimum atomic E-state index is -3.95. The van der Waals surface area contributed by atoms with Crippen LogP contribution in [0, 0.1) is 5.82 Å². The Balaban J connectivity index is 3.05. The Bertz CT molecular complexity index is 729. The Kier molecular flexibility index (Phi) is 5.05. The minimum Gasteiger partial charge on any atom is -0.389 e. The molecule has 0 aromatic heterocycles. The molecular formula is C10H13FN2O4S3. The van der Waals surface area contributed by atoms with Crippen molar-refractivity contribution in [1.82, 2.24) is 0 Å². The summed E-state index contributed by atoms with van der Waals surface area (Å²) >= 11 is 4.66. The largest absolute Gasteiger partial charge is 0.389 e. The summed E-state index contributed by atoms with van der Waals surface area (Å²) in [6, 6.07) is 3.66. The van der Waals surface area contributed by atoms with Crippen molar-refractivity contribution in [3.8, 4) is 0 Å². The van der Waals surface area contributed by atoms with Crippen molar-refractivity contribution in [2.45, 2.75) is 0 Å². The van der Waals surface area contributed by atoms with E-state index >= 15 is 0 Å². The lowest BCUT2D eigenvalue weighted by atomic mass is 10.2. The van der Waals surface area contributed by atoms with E-state index in [0.29, 0.717) is 0 Å². The zero-order valence-corrected chi connectivity index (χ0v) is 12.9. The molecule has 20 heavy (non-hydrogen) atoms. The number of thiocarbonyl (C=S) groups is 1. The van der Waals surface area contributed by atoms with E-state index in [9.17, 15) is 21.2 Å². The number of nitrogens with two attached hydrogens (primary N) is 1. The van der Waals surface area contributed by atoms with Gasteiger partial charge in [-0.05, 0) is 12.1 Å². The van der Waals surface area contributed by atoms with E-state index in [1.54, 1.807) is 0 Å². The van der Waals surface area contributed by atoms with Crippen LogP contribution >= 0.6 is 12.2 Å². The smallest absolute Gasteiger partial charge is 0.233 e. The number of hydrogen-bond acceptors (Lipinski definition) is 5. The number of halogens is 1. The summed E-state index contributed by atoms with van der Waals surface area (Å²) in [6.45, 7) is 0. The molecule has 1 aromatic carbocycles. The van der Waals surface area contributed by atoms with E-state index in [4.69, 9.17) is 5.73 Å². The summed E-state index contributed by atoms with van der Waals surface area (Å²) in [5.41, 5.74) is 4.99. The number of rotatable bonds is 6. The second kappa shape index (κ2) is 6.02. The fraction of sp³-hybridized carbons (Fsp3) is 0.300. The second-order valence-corrected chi connectivity index (χ2v) is 8.62. The SMILES string of the molecule is CS(=O)(=O)CCS(=O)(=O)Nc1cccc(F)c1C(N)=S. The molecule has 0 bridgehead atoms. The minimum absolute atomic E-state index is 0.119. The highest BCUT2D eigenvalue weighted by Gasteiger charge is 2.18. The van der Waals surface area contributed by atoms with Gasteiger partial charge in [0, 0.05) is 6.26 Å². The molecule has 0 saturated heterocycles. The third-order valence-corrected chi connectivity index (χ3v) is 4.93. The molecule has 1 aromatic rings. The molecular weight excluding hydrogens is 327 g/mol. The van der Waals surface area contributed by atoms with Crippen LogP contribution in [0.2, 0.25) is 0 Å². The van der Waals surface area contributed by atoms with Crippen LogP contribution in [0.25, 0.3) is 0 Å². The van der Waals surface area contributed by atoms with Crippen molar-refractivity contribution in [2.75, 3.05) is 22.5 Å². The van der Waals surface area contributed by atoms with Gasteiger partial charge in [0.05, 0.1) is 22.8 Å². The first-order valence-electron chi connectivity index (χ1n) is 5.28. The van der Waals surface area contributed by atoms with Gasteiger partial charge < -0.3 is 5.73 Å². The first-order valence-corrected chi connectivity index (χ1v) is 9.40. The van der Waals surface area contributed by atoms with Gasteiger partial charge in [-0.2, -0.15) is 0 Å². The van der Waals surface area contributed by atoms with Crippen LogP contribution in [-0.2, 0) is 19.9 Å². The predicted octanol–water partition coefficient (Wildman–Crippen LogP) is 0.246. The summed E-state index contributed by atoms with van der Waals surface area (Å²) in [7, 11) is -7.38. The number of anilines is 1. The summed E-state index contributed by atoms with van der Waals surface area (Å²) < 4.78 is 61.1. The monoisotopic (exact) mass is 340 g/mol. The van der Waals surface area contributed by atoms with Crippen LogP contribution in [0.3, 0.4) is 0 Å². The van der Waals surface area contributed by atoms with Gasteiger partial charge >= 0.3 is 0 Å². The molecule has 0 aliphatic heterocycles. The van der Waals surface area contributed by atoms with Crippen LogP contribution in [0.15, 0.2) is 18.2 Å². The summed E-state index contributed by atoms with van der Waals surface area (Å²) in [6.07, 6.45) is 0.922. The lowest BCUT2D eigenvalue weighted by Crippen LogP contribution is -2.24. The van der Waals surface area contributed by atoms with Crippen molar-refractivity contribution in [3.05, 3.63) is 29.6 Å². The molecule has 0 saturated carbocycles. The molecule has 0 heterocycles. The number of benzene rings is 1. The lowest BCUT2D eigenvalue weighted by Gasteiger charge is -2.12. The number of sulfonamides is 1. The molecule has 1 rings (SSSR count). The quantitative estimate of drug-likeness (QED) is 0.719. The van der Waals surface area contributed by atoms with Gasteiger partial charge in [0.1, 0.15) is 20.6 Å². The van der Waals surface area contributed by atoms with Crippen LogP contribution in [0.4, 0.5) is 10.1 Å². The molecule has 3 N–H and O–H groups in total. The maximum Gasteiger partial charge on any atom is 0.233 e. The van der Waals surface area contributed by atoms with Gasteiger partial charge in [-0.25, -0.2) is 21.2 Å². The fourth-order valence-electron chi connectivity index (χ4n) is 1.34. The molecule has 10 heteroatoms. The topological polar surface area (TPSA) is 106 Å². The van der Waals surface area contributed by atoms with Gasteiger partial charge in [-0.3, -0.25) is 4.72 Å². The molecule has 0 aliphatic carbocycles. The van der Waals surface area contributed by atoms with Crippen molar-refractivity contribution in [3.63, 3.8) is 0 Å². The molecule has 0 aliphatic rings. The van der Waals surface area contributed by atoms with Crippen LogP contribution in [-0.4, -0.2) is 39.6 Å². The highest BCUT2D eigenvalue weighted by Crippen LogP contribution is 2.20. The van der Waals surface area contributed by atoms with Gasteiger partial charge in [-0.1, -0.05) is 18.3 Å². The zero-order valence-electron chi connectivity index (χ0n) is 10.5. The van der Waals surface area contributed by atoms with E-state index in [1.807, 2.05) is 0 Å². The van der Waals surface area contributed by atoms with Crippen molar-refractivity contribution >= 4 is 42.8 Å². The van der Waals surface area contributed by atoms with E-state index in [2.05, 4.69) is 16.9 Å². The summed E-state index contributed by atoms with van der Waals surface area (Å²) in [5.74, 6) is -1.94. The molecule has 0 amide bonds. The van der Waals surface area contributed by atoms with Gasteiger partial charge in [0.15, 0.2) is 0 Å². The highest BCUT2D eigenvalue weighted by atomic mass is 32.2. The Morgan fingerprint density at radius 1 is 1.30 bits per heavy atom. The van der Waals surface area contributed by atoms with Gasteiger partial charge in [0.25, 0.3) is 0 Å². The maximum atomic E-state index is 13.6. The molecule has 112 valence electrons. The molecule has 0 fully saturated rings. The van der Waals surface area contributed by atoms with E-state index in [1.165, 1.54) is 12.1 Å². The number of nitrogens with one attached hydrogen (secondary N) is 1. The Morgan fingerprint density at radius 2 is 1.90 bits per heavy atom. The average Bonchev–Trinajstić information content (AvgIpc) is 2.24. The molecule has 0 atom stereocenters. The van der Waals surface area contributed by atoms with Crippen molar-refractivity contribution < 1.29 is 21.2 Å². The first-order chi connectivity index (χ1) is 9.02. The molecule has 0 unspecified atom stereocenters. The zero-order chi connectivity index (χ0) is 15.6. The average molecular weight is 340 g/mol. The van der Waals surface area contributed by atoms with Crippen LogP contribution < -0.4 is 10.5 Å². The maximum absolute atomic E-state index is 13.6. The van der Waals surface area contributed by atoms with Crippen molar-refractivity contribution in [1.29, 1.82) is 0 Å². The number of sulfone groups is 1. The van der Waals surface area contributed by atoms with Crippen molar-refractivity contribution in [2.24, 2.45) is 5.73 Å². The first kappa shape index (κ1) is 16.8. The Labute approximate surface area is 122 Å². The standard InChI is InChI=1S/C10H13FN2O4S3/c1-19(14,15)5-6-20(16,17)13-8-4-2-3-7(11)9(8)10(12)18/h2-4,13H,5-6H2,1H3,(H2,12,18). The normalized spacial score (nSPS) is 12.1. The molecule has 0 spiro atoms. The van der Waals surface area contributed by atoms with E-state index in [0.717, 1.165) is 12.3 Å². The molecule has 0 radical (unpaired) electrons. The van der Waals surface area contributed by atoms with Gasteiger partial charge in [-0.15, -0.1) is 0 Å². The summed E-state index contributed by atoms with van der Waals surface area (Å²) in [4.78, 5) is -0.302. The van der Waals surface area contributed by atoms with Crippen LogP contribution in [0.5, 0.6) is 0 Å². The van der Waals surface area contributed by atoms with E-state index < -0.39 is 37.2 Å². The highest BCUT2D eigenvalue weighted by molar-refractivity contribution is 7.95. The fourth-order valence-corrected chi connectivity index (χ4v) is 4.24. The third-order valence-electron chi connectivity index (χ3n) is 2.25. The van der Waals surface area contributed by atoms with Crippen LogP contribution in [0.1, 0.15) is 5.56 Å². The predicted molar refractivity (Wildman–Crippen MR) is 79.4 cm³/mol. The third kappa shape index (κ3) is 5.02. The summed E-state index contributed by atoms with van der Waals surface area (Å²) in [5, 5.41) is 0. The van der Waals surface area contributed by atoms with Gasteiger partial charge in [0.2, 0.25) is 10.0 Å².